The Labute approximate surface area is 187 Å². The molecule has 1 N–H and O–H groups in total. The molecule has 2 aromatic rings. The van der Waals surface area contributed by atoms with Gasteiger partial charge in [0.2, 0.25) is 0 Å². The van der Waals surface area contributed by atoms with E-state index in [1.807, 2.05) is 0 Å². The van der Waals surface area contributed by atoms with Gasteiger partial charge < -0.3 is 15.0 Å². The molecule has 1 aliphatic heterocycles. The Morgan fingerprint density at radius 3 is 2.65 bits per heavy atom. The van der Waals surface area contributed by atoms with Crippen LogP contribution in [0.2, 0.25) is 10.0 Å². The maximum Gasteiger partial charge on any atom is 0.325 e. The molecule has 9 nitrogen and oxygen atoms in total. The van der Waals surface area contributed by atoms with E-state index in [-0.39, 0.29) is 16.3 Å². The van der Waals surface area contributed by atoms with Gasteiger partial charge in [-0.25, -0.2) is 0 Å². The quantitative estimate of drug-likeness (QED) is 0.397. The molecule has 0 bridgehead atoms. The molecule has 0 radical (unpaired) electrons. The molecule has 0 saturated heterocycles. The number of rotatable bonds is 6. The van der Waals surface area contributed by atoms with Crippen LogP contribution in [0.5, 0.6) is 0 Å². The van der Waals surface area contributed by atoms with Crippen LogP contribution in [0.25, 0.3) is 0 Å². The van der Waals surface area contributed by atoms with Gasteiger partial charge in [0.1, 0.15) is 6.54 Å². The van der Waals surface area contributed by atoms with Gasteiger partial charge in [-0.2, -0.15) is 0 Å². The lowest BCUT2D eigenvalue weighted by molar-refractivity contribution is -0.384. The van der Waals surface area contributed by atoms with Crippen LogP contribution < -0.4 is 10.2 Å². The summed E-state index contributed by atoms with van der Waals surface area (Å²) in [5.74, 6) is -1.85. The van der Waals surface area contributed by atoms with Crippen molar-refractivity contribution in [2.75, 3.05) is 24.6 Å². The molecule has 162 valence electrons. The van der Waals surface area contributed by atoms with E-state index in [1.54, 1.807) is 0 Å². The SMILES string of the molecule is O=C(CNC(=O)c1ccc(Cl)cc1Cl)OCC(=O)N1CCCc2cc([N+](=O)[O-])ccc21. The van der Waals surface area contributed by atoms with Gasteiger partial charge >= 0.3 is 5.97 Å². The summed E-state index contributed by atoms with van der Waals surface area (Å²) in [7, 11) is 0. The highest BCUT2D eigenvalue weighted by Gasteiger charge is 2.25. The minimum absolute atomic E-state index is 0.0454. The third-order valence-corrected chi connectivity index (χ3v) is 5.17. The van der Waals surface area contributed by atoms with Crippen molar-refractivity contribution in [2.45, 2.75) is 12.8 Å². The van der Waals surface area contributed by atoms with E-state index < -0.39 is 35.9 Å². The second-order valence-electron chi connectivity index (χ2n) is 6.69. The van der Waals surface area contributed by atoms with Crippen LogP contribution in [0.3, 0.4) is 0 Å². The molecule has 0 atom stereocenters. The Bertz CT molecular complexity index is 1060. The zero-order valence-electron chi connectivity index (χ0n) is 16.1. The number of carbonyl (C=O) groups is 3. The number of nitrogens with one attached hydrogen (secondary N) is 1. The number of hydrogen-bond acceptors (Lipinski definition) is 6. The molecule has 0 fully saturated rings. The van der Waals surface area contributed by atoms with E-state index in [9.17, 15) is 24.5 Å². The summed E-state index contributed by atoms with van der Waals surface area (Å²) in [4.78, 5) is 48.4. The summed E-state index contributed by atoms with van der Waals surface area (Å²) < 4.78 is 4.96. The van der Waals surface area contributed by atoms with E-state index in [2.05, 4.69) is 5.32 Å². The normalized spacial score (nSPS) is 12.6. The fraction of sp³-hybridized carbons (Fsp3) is 0.250. The molecule has 3 rings (SSSR count). The number of carbonyl (C=O) groups excluding carboxylic acids is 3. The summed E-state index contributed by atoms with van der Waals surface area (Å²) in [6.07, 6.45) is 1.24. The highest BCUT2D eigenvalue weighted by atomic mass is 35.5. The summed E-state index contributed by atoms with van der Waals surface area (Å²) >= 11 is 11.7. The molecule has 31 heavy (non-hydrogen) atoms. The summed E-state index contributed by atoms with van der Waals surface area (Å²) in [5, 5.41) is 13.8. The molecule has 1 heterocycles. The minimum Gasteiger partial charge on any atom is -0.454 e. The molecule has 11 heteroatoms. The molecule has 1 aliphatic rings. The monoisotopic (exact) mass is 465 g/mol. The average Bonchev–Trinajstić information content (AvgIpc) is 2.74. The molecule has 0 saturated carbocycles. The van der Waals surface area contributed by atoms with Crippen LogP contribution in [0.1, 0.15) is 22.3 Å². The van der Waals surface area contributed by atoms with Crippen molar-refractivity contribution >= 4 is 52.4 Å². The second-order valence-corrected chi connectivity index (χ2v) is 7.53. The molecular weight excluding hydrogens is 449 g/mol. The smallest absolute Gasteiger partial charge is 0.325 e. The van der Waals surface area contributed by atoms with Crippen LogP contribution in [0, 0.1) is 10.1 Å². The van der Waals surface area contributed by atoms with E-state index in [0.29, 0.717) is 35.7 Å². The Morgan fingerprint density at radius 2 is 1.94 bits per heavy atom. The highest BCUT2D eigenvalue weighted by molar-refractivity contribution is 6.36. The number of amides is 2. The van der Waals surface area contributed by atoms with Crippen LogP contribution >= 0.6 is 23.2 Å². The van der Waals surface area contributed by atoms with Crippen LogP contribution in [0.4, 0.5) is 11.4 Å². The van der Waals surface area contributed by atoms with Crippen molar-refractivity contribution in [3.63, 3.8) is 0 Å². The van der Waals surface area contributed by atoms with E-state index in [4.69, 9.17) is 27.9 Å². The number of non-ortho nitro benzene ring substituents is 1. The minimum atomic E-state index is -0.798. The predicted octanol–water partition coefficient (Wildman–Crippen LogP) is 3.15. The Morgan fingerprint density at radius 1 is 1.16 bits per heavy atom. The number of hydrogen-bond donors (Lipinski definition) is 1. The molecule has 0 aromatic heterocycles. The number of halogens is 2. The van der Waals surface area contributed by atoms with Crippen molar-refractivity contribution in [3.05, 3.63) is 67.7 Å². The zero-order valence-corrected chi connectivity index (χ0v) is 17.6. The number of nitrogens with zero attached hydrogens (tertiary/aromatic N) is 2. The van der Waals surface area contributed by atoms with Gasteiger partial charge in [0.15, 0.2) is 6.61 Å². The Kier molecular flexibility index (Phi) is 7.09. The van der Waals surface area contributed by atoms with Gasteiger partial charge in [-0.05, 0) is 42.7 Å². The van der Waals surface area contributed by atoms with Crippen molar-refractivity contribution in [1.82, 2.24) is 5.32 Å². The lowest BCUT2D eigenvalue weighted by Gasteiger charge is -2.29. The van der Waals surface area contributed by atoms with Crippen molar-refractivity contribution < 1.29 is 24.0 Å². The molecular formula is C20H17Cl2N3O6. The van der Waals surface area contributed by atoms with Crippen LogP contribution in [-0.2, 0) is 20.7 Å². The number of nitro groups is 1. The first-order chi connectivity index (χ1) is 14.8. The van der Waals surface area contributed by atoms with Crippen molar-refractivity contribution in [2.24, 2.45) is 0 Å². The van der Waals surface area contributed by atoms with Gasteiger partial charge in [-0.15, -0.1) is 0 Å². The summed E-state index contributed by atoms with van der Waals surface area (Å²) in [5.41, 5.74) is 1.35. The molecule has 2 aromatic carbocycles. The topological polar surface area (TPSA) is 119 Å². The van der Waals surface area contributed by atoms with Gasteiger partial charge in [0.05, 0.1) is 15.5 Å². The number of ether oxygens (including phenoxy) is 1. The van der Waals surface area contributed by atoms with Gasteiger partial charge in [0, 0.05) is 29.4 Å². The maximum absolute atomic E-state index is 12.5. The number of benzene rings is 2. The molecule has 0 spiro atoms. The standard InChI is InChI=1S/C20H17Cl2N3O6/c21-13-3-5-15(16(22)9-13)20(28)23-10-19(27)31-11-18(26)24-7-1-2-12-8-14(25(29)30)4-6-17(12)24/h3-6,8-9H,1-2,7,10-11H2,(H,23,28). The van der Waals surface area contributed by atoms with E-state index in [0.717, 1.165) is 0 Å². The third kappa shape index (κ3) is 5.50. The number of anilines is 1. The fourth-order valence-corrected chi connectivity index (χ4v) is 3.64. The predicted molar refractivity (Wildman–Crippen MR) is 114 cm³/mol. The first-order valence-electron chi connectivity index (χ1n) is 9.23. The van der Waals surface area contributed by atoms with Gasteiger partial charge in [0.25, 0.3) is 17.5 Å². The number of aryl methyl sites for hydroxylation is 1. The Hall–Kier alpha value is -3.17. The molecule has 0 aliphatic carbocycles. The molecule has 0 unspecified atom stereocenters. The lowest BCUT2D eigenvalue weighted by Crippen LogP contribution is -2.39. The lowest BCUT2D eigenvalue weighted by atomic mass is 10.0. The third-order valence-electron chi connectivity index (χ3n) is 4.62. The van der Waals surface area contributed by atoms with Crippen molar-refractivity contribution in [1.29, 1.82) is 0 Å². The average molecular weight is 466 g/mol. The number of nitro benzene ring substituents is 1. The largest absolute Gasteiger partial charge is 0.454 e. The van der Waals surface area contributed by atoms with Gasteiger partial charge in [-0.1, -0.05) is 23.2 Å². The summed E-state index contributed by atoms with van der Waals surface area (Å²) in [6.45, 7) is -0.562. The van der Waals surface area contributed by atoms with E-state index >= 15 is 0 Å². The van der Waals surface area contributed by atoms with Gasteiger partial charge in [-0.3, -0.25) is 24.5 Å². The van der Waals surface area contributed by atoms with Crippen molar-refractivity contribution in [3.8, 4) is 0 Å². The van der Waals surface area contributed by atoms with Crippen LogP contribution in [0.15, 0.2) is 36.4 Å². The second kappa shape index (κ2) is 9.76. The highest BCUT2D eigenvalue weighted by Crippen LogP contribution is 2.30. The molecule has 2 amide bonds. The Balaban J connectivity index is 1.53. The number of fused-ring (bicyclic) bond motifs is 1. The van der Waals surface area contributed by atoms with Crippen LogP contribution in [-0.4, -0.2) is 42.4 Å². The van der Waals surface area contributed by atoms with E-state index in [1.165, 1.54) is 41.3 Å². The first-order valence-corrected chi connectivity index (χ1v) is 9.98. The first kappa shape index (κ1) is 22.5. The summed E-state index contributed by atoms with van der Waals surface area (Å²) in [6, 6.07) is 8.60. The zero-order chi connectivity index (χ0) is 22.5. The number of esters is 1. The fourth-order valence-electron chi connectivity index (χ4n) is 3.15. The maximum atomic E-state index is 12.5.